The summed E-state index contributed by atoms with van der Waals surface area (Å²) >= 11 is 1.14. The first-order chi connectivity index (χ1) is 5.24. The van der Waals surface area contributed by atoms with Gasteiger partial charge < -0.3 is 4.74 Å². The van der Waals surface area contributed by atoms with E-state index >= 15 is 0 Å². The first-order valence-corrected chi connectivity index (χ1v) is 3.77. The van der Waals surface area contributed by atoms with Gasteiger partial charge in [-0.3, -0.25) is 10.1 Å². The normalized spacial score (nSPS) is 9.91. The van der Waals surface area contributed by atoms with Crippen molar-refractivity contribution in [3.8, 4) is 0 Å². The summed E-state index contributed by atoms with van der Waals surface area (Å²) < 4.78 is 4.81. The highest BCUT2D eigenvalue weighted by Gasteiger charge is 2.08. The van der Waals surface area contributed by atoms with E-state index in [0.717, 1.165) is 16.2 Å². The molecule has 0 aromatic carbocycles. The zero-order valence-corrected chi connectivity index (χ0v) is 6.76. The van der Waals surface area contributed by atoms with Crippen LogP contribution in [-0.4, -0.2) is 12.0 Å². The van der Waals surface area contributed by atoms with E-state index in [0.29, 0.717) is 6.61 Å². The third-order valence-electron chi connectivity index (χ3n) is 1.11. The van der Waals surface area contributed by atoms with Gasteiger partial charge in [0.25, 0.3) is 0 Å². The molecule has 1 heterocycles. The Morgan fingerprint density at radius 3 is 2.91 bits per heavy atom. The van der Waals surface area contributed by atoms with E-state index in [2.05, 4.69) is 0 Å². The van der Waals surface area contributed by atoms with Crippen LogP contribution in [0.25, 0.3) is 0 Å². The Bertz CT molecular complexity index is 258. The third kappa shape index (κ3) is 1.99. The number of hydrogen-bond acceptors (Lipinski definition) is 4. The van der Waals surface area contributed by atoms with Crippen molar-refractivity contribution in [2.24, 2.45) is 0 Å². The Morgan fingerprint density at radius 1 is 1.73 bits per heavy atom. The van der Waals surface area contributed by atoms with Crippen LogP contribution in [0.4, 0.5) is 5.00 Å². The molecule has 0 fully saturated rings. The lowest BCUT2D eigenvalue weighted by Crippen LogP contribution is -1.81. The SMILES string of the molecule is COCc1ccc([N+](=O)[O-])s1. The van der Waals surface area contributed by atoms with Crippen molar-refractivity contribution in [2.75, 3.05) is 7.11 Å². The van der Waals surface area contributed by atoms with Gasteiger partial charge in [0.2, 0.25) is 0 Å². The molecule has 1 aromatic rings. The molecule has 0 saturated heterocycles. The second-order valence-corrected chi connectivity index (χ2v) is 3.08. The molecule has 4 nitrogen and oxygen atoms in total. The summed E-state index contributed by atoms with van der Waals surface area (Å²) in [5.41, 5.74) is 0. The Balaban J connectivity index is 2.73. The fraction of sp³-hybridized carbons (Fsp3) is 0.333. The van der Waals surface area contributed by atoms with E-state index in [1.807, 2.05) is 0 Å². The minimum absolute atomic E-state index is 0.164. The summed E-state index contributed by atoms with van der Waals surface area (Å²) in [7, 11) is 1.56. The zero-order valence-electron chi connectivity index (χ0n) is 5.94. The quantitative estimate of drug-likeness (QED) is 0.517. The van der Waals surface area contributed by atoms with Gasteiger partial charge in [0.1, 0.15) is 0 Å². The molecule has 0 spiro atoms. The molecule has 0 atom stereocenters. The molecular formula is C6H7NO3S. The van der Waals surface area contributed by atoms with Crippen molar-refractivity contribution < 1.29 is 9.66 Å². The van der Waals surface area contributed by atoms with Gasteiger partial charge in [0.15, 0.2) is 0 Å². The molecule has 0 unspecified atom stereocenters. The molecule has 0 aliphatic carbocycles. The number of ether oxygens (including phenoxy) is 1. The summed E-state index contributed by atoms with van der Waals surface area (Å²) in [6.45, 7) is 0.443. The molecule has 1 aromatic heterocycles. The Morgan fingerprint density at radius 2 is 2.45 bits per heavy atom. The highest BCUT2D eigenvalue weighted by atomic mass is 32.1. The molecule has 11 heavy (non-hydrogen) atoms. The predicted octanol–water partition coefficient (Wildman–Crippen LogP) is 1.80. The third-order valence-corrected chi connectivity index (χ3v) is 2.12. The topological polar surface area (TPSA) is 52.4 Å². The molecule has 60 valence electrons. The number of hydrogen-bond donors (Lipinski definition) is 0. The fourth-order valence-corrected chi connectivity index (χ4v) is 1.48. The van der Waals surface area contributed by atoms with E-state index in [9.17, 15) is 10.1 Å². The van der Waals surface area contributed by atoms with Crippen LogP contribution >= 0.6 is 11.3 Å². The molecule has 0 aliphatic rings. The van der Waals surface area contributed by atoms with E-state index in [4.69, 9.17) is 4.74 Å². The molecule has 0 N–H and O–H groups in total. The second kappa shape index (κ2) is 3.45. The minimum Gasteiger partial charge on any atom is -0.379 e. The average Bonchev–Trinajstić information content (AvgIpc) is 2.37. The van der Waals surface area contributed by atoms with Crippen molar-refractivity contribution >= 4 is 16.3 Å². The lowest BCUT2D eigenvalue weighted by molar-refractivity contribution is -0.380. The van der Waals surface area contributed by atoms with Crippen LogP contribution in [0.15, 0.2) is 12.1 Å². The lowest BCUT2D eigenvalue weighted by Gasteiger charge is -1.89. The molecule has 1 rings (SSSR count). The van der Waals surface area contributed by atoms with Crippen LogP contribution in [0.1, 0.15) is 4.88 Å². The molecule has 0 radical (unpaired) electrons. The van der Waals surface area contributed by atoms with Gasteiger partial charge in [-0.15, -0.1) is 0 Å². The summed E-state index contributed by atoms with van der Waals surface area (Å²) in [5.74, 6) is 0. The van der Waals surface area contributed by atoms with Gasteiger partial charge in [-0.25, -0.2) is 0 Å². The maximum atomic E-state index is 10.2. The number of nitro groups is 1. The van der Waals surface area contributed by atoms with E-state index < -0.39 is 4.92 Å². The highest BCUT2D eigenvalue weighted by molar-refractivity contribution is 7.15. The van der Waals surface area contributed by atoms with Crippen LogP contribution in [0.3, 0.4) is 0 Å². The fourth-order valence-electron chi connectivity index (χ4n) is 0.685. The first-order valence-electron chi connectivity index (χ1n) is 2.96. The molecule has 0 saturated carbocycles. The van der Waals surface area contributed by atoms with Crippen LogP contribution in [0, 0.1) is 10.1 Å². The summed E-state index contributed by atoms with van der Waals surface area (Å²) in [4.78, 5) is 10.7. The van der Waals surface area contributed by atoms with Crippen molar-refractivity contribution in [3.63, 3.8) is 0 Å². The zero-order chi connectivity index (χ0) is 8.27. The van der Waals surface area contributed by atoms with Crippen LogP contribution in [0.5, 0.6) is 0 Å². The maximum Gasteiger partial charge on any atom is 0.324 e. The van der Waals surface area contributed by atoms with Crippen LogP contribution < -0.4 is 0 Å². The standard InChI is InChI=1S/C6H7NO3S/c1-10-4-5-2-3-6(11-5)7(8)9/h2-3H,4H2,1H3. The largest absolute Gasteiger partial charge is 0.379 e. The van der Waals surface area contributed by atoms with Crippen LogP contribution in [0.2, 0.25) is 0 Å². The molecule has 0 amide bonds. The minimum atomic E-state index is -0.399. The number of thiophene rings is 1. The van der Waals surface area contributed by atoms with E-state index in [1.54, 1.807) is 13.2 Å². The van der Waals surface area contributed by atoms with Gasteiger partial charge in [-0.2, -0.15) is 0 Å². The van der Waals surface area contributed by atoms with Crippen molar-refractivity contribution in [3.05, 3.63) is 27.1 Å². The summed E-state index contributed by atoms with van der Waals surface area (Å²) in [6, 6.07) is 3.19. The van der Waals surface area contributed by atoms with E-state index in [-0.39, 0.29) is 5.00 Å². The Hall–Kier alpha value is -0.940. The van der Waals surface area contributed by atoms with Gasteiger partial charge in [-0.1, -0.05) is 11.3 Å². The smallest absolute Gasteiger partial charge is 0.324 e. The van der Waals surface area contributed by atoms with Crippen molar-refractivity contribution in [1.82, 2.24) is 0 Å². The van der Waals surface area contributed by atoms with Crippen molar-refractivity contribution in [2.45, 2.75) is 6.61 Å². The second-order valence-electron chi connectivity index (χ2n) is 1.93. The number of nitrogens with zero attached hydrogens (tertiary/aromatic N) is 1. The highest BCUT2D eigenvalue weighted by Crippen LogP contribution is 2.23. The van der Waals surface area contributed by atoms with Crippen molar-refractivity contribution in [1.29, 1.82) is 0 Å². The van der Waals surface area contributed by atoms with E-state index in [1.165, 1.54) is 6.07 Å². The summed E-state index contributed by atoms with van der Waals surface area (Å²) in [5, 5.41) is 10.4. The maximum absolute atomic E-state index is 10.2. The molecule has 0 aliphatic heterocycles. The van der Waals surface area contributed by atoms with Crippen LogP contribution in [-0.2, 0) is 11.3 Å². The number of methoxy groups -OCH3 is 1. The summed E-state index contributed by atoms with van der Waals surface area (Å²) in [6.07, 6.45) is 0. The molecule has 0 bridgehead atoms. The lowest BCUT2D eigenvalue weighted by atomic mass is 10.5. The molecule has 5 heteroatoms. The van der Waals surface area contributed by atoms with Gasteiger partial charge in [0, 0.05) is 18.1 Å². The average molecular weight is 173 g/mol. The number of rotatable bonds is 3. The Kier molecular flexibility index (Phi) is 2.56. The monoisotopic (exact) mass is 173 g/mol. The predicted molar refractivity (Wildman–Crippen MR) is 41.7 cm³/mol. The Labute approximate surface area is 67.6 Å². The molecular weight excluding hydrogens is 166 g/mol. The van der Waals surface area contributed by atoms with Gasteiger partial charge in [-0.05, 0) is 6.07 Å². The van der Waals surface area contributed by atoms with Gasteiger partial charge in [0.05, 0.1) is 11.5 Å². The van der Waals surface area contributed by atoms with Gasteiger partial charge >= 0.3 is 5.00 Å². The first kappa shape index (κ1) is 8.16.